The fourth-order valence-corrected chi connectivity index (χ4v) is 2.05. The first-order valence-corrected chi connectivity index (χ1v) is 8.68. The lowest BCUT2D eigenvalue weighted by Crippen LogP contribution is -2.04. The molecule has 0 aromatic heterocycles. The van der Waals surface area contributed by atoms with Gasteiger partial charge in [0.1, 0.15) is 0 Å². The second-order valence-electron chi connectivity index (χ2n) is 5.60. The average Bonchev–Trinajstić information content (AvgIpc) is 2.45. The van der Waals surface area contributed by atoms with Crippen molar-refractivity contribution in [2.45, 2.75) is 85.0 Å². The van der Waals surface area contributed by atoms with Crippen molar-refractivity contribution in [2.75, 3.05) is 13.2 Å². The number of hydrogen-bond acceptors (Lipinski definition) is 3. The molecule has 0 N–H and O–H groups in total. The van der Waals surface area contributed by atoms with Crippen molar-refractivity contribution in [3.05, 3.63) is 12.0 Å². The lowest BCUT2D eigenvalue weighted by molar-refractivity contribution is -0.113. The van der Waals surface area contributed by atoms with Gasteiger partial charge in [0.2, 0.25) is 0 Å². The Kier molecular flexibility index (Phi) is 14.7. The summed E-state index contributed by atoms with van der Waals surface area (Å²) in [5.41, 5.74) is 0. The number of ketones is 1. The van der Waals surface area contributed by atoms with Gasteiger partial charge < -0.3 is 9.47 Å². The highest BCUT2D eigenvalue weighted by molar-refractivity contribution is 5.87. The van der Waals surface area contributed by atoms with Gasteiger partial charge in [-0.3, -0.25) is 4.79 Å². The quantitative estimate of drug-likeness (QED) is 0.231. The van der Waals surface area contributed by atoms with Crippen LogP contribution in [0.4, 0.5) is 0 Å². The van der Waals surface area contributed by atoms with Crippen molar-refractivity contribution in [2.24, 2.45) is 0 Å². The zero-order valence-corrected chi connectivity index (χ0v) is 14.3. The minimum Gasteiger partial charge on any atom is -0.465 e. The smallest absolute Gasteiger partial charge is 0.282 e. The van der Waals surface area contributed by atoms with Crippen LogP contribution in [0.25, 0.3) is 0 Å². The highest BCUT2D eigenvalue weighted by Crippen LogP contribution is 2.08. The molecule has 21 heavy (non-hydrogen) atoms. The highest BCUT2D eigenvalue weighted by atomic mass is 16.7. The Morgan fingerprint density at radius 1 is 0.762 bits per heavy atom. The molecule has 0 aliphatic carbocycles. The van der Waals surface area contributed by atoms with E-state index in [2.05, 4.69) is 13.8 Å². The van der Waals surface area contributed by atoms with Crippen LogP contribution < -0.4 is 0 Å². The minimum absolute atomic E-state index is 0.0260. The van der Waals surface area contributed by atoms with Crippen LogP contribution in [0.5, 0.6) is 0 Å². The van der Waals surface area contributed by atoms with Gasteiger partial charge in [-0.05, 0) is 19.8 Å². The third-order valence-electron chi connectivity index (χ3n) is 3.31. The summed E-state index contributed by atoms with van der Waals surface area (Å²) in [7, 11) is 0. The summed E-state index contributed by atoms with van der Waals surface area (Å²) in [6.45, 7) is 7.21. The van der Waals surface area contributed by atoms with Crippen molar-refractivity contribution >= 4 is 5.78 Å². The van der Waals surface area contributed by atoms with E-state index in [9.17, 15) is 4.79 Å². The maximum Gasteiger partial charge on any atom is 0.282 e. The maximum absolute atomic E-state index is 11.2. The van der Waals surface area contributed by atoms with E-state index in [1.54, 1.807) is 0 Å². The summed E-state index contributed by atoms with van der Waals surface area (Å²) >= 11 is 0. The molecule has 0 aliphatic rings. The largest absolute Gasteiger partial charge is 0.465 e. The molecule has 124 valence electrons. The number of hydrogen-bond donors (Lipinski definition) is 0. The molecule has 0 atom stereocenters. The van der Waals surface area contributed by atoms with Crippen LogP contribution in [-0.2, 0) is 14.3 Å². The van der Waals surface area contributed by atoms with Crippen LogP contribution in [0.3, 0.4) is 0 Å². The van der Waals surface area contributed by atoms with Crippen LogP contribution in [0.1, 0.15) is 85.0 Å². The molecule has 0 unspecified atom stereocenters. The normalized spacial score (nSPS) is 10.2. The Morgan fingerprint density at radius 3 is 1.57 bits per heavy atom. The van der Waals surface area contributed by atoms with Gasteiger partial charge in [-0.1, -0.05) is 65.2 Å². The lowest BCUT2D eigenvalue weighted by atomic mass is 10.2. The Morgan fingerprint density at radius 2 is 1.19 bits per heavy atom. The van der Waals surface area contributed by atoms with Gasteiger partial charge in [-0.25, -0.2) is 0 Å². The van der Waals surface area contributed by atoms with Crippen LogP contribution in [0, 0.1) is 0 Å². The van der Waals surface area contributed by atoms with E-state index in [0.717, 1.165) is 12.8 Å². The SMILES string of the molecule is CCCCCCCOC(=CC(C)=O)OCCCCCCC. The third kappa shape index (κ3) is 15.2. The molecular formula is C18H34O3. The first-order chi connectivity index (χ1) is 10.2. The van der Waals surface area contributed by atoms with E-state index in [-0.39, 0.29) is 5.78 Å². The monoisotopic (exact) mass is 298 g/mol. The summed E-state index contributed by atoms with van der Waals surface area (Å²) in [5.74, 6) is 0.371. The summed E-state index contributed by atoms with van der Waals surface area (Å²) in [6.07, 6.45) is 13.4. The predicted octanol–water partition coefficient (Wildman–Crippen LogP) is 5.39. The molecule has 0 bridgehead atoms. The van der Waals surface area contributed by atoms with Crippen molar-refractivity contribution in [1.29, 1.82) is 0 Å². The average molecular weight is 298 g/mol. The Balaban J connectivity index is 3.76. The Bertz CT molecular complexity index is 254. The van der Waals surface area contributed by atoms with Crippen LogP contribution >= 0.6 is 0 Å². The van der Waals surface area contributed by atoms with Crippen molar-refractivity contribution in [3.8, 4) is 0 Å². The first-order valence-electron chi connectivity index (χ1n) is 8.68. The molecule has 0 aliphatic heterocycles. The zero-order chi connectivity index (χ0) is 15.8. The molecule has 0 amide bonds. The summed E-state index contributed by atoms with van der Waals surface area (Å²) < 4.78 is 11.2. The molecule has 0 rings (SSSR count). The molecule has 0 radical (unpaired) electrons. The van der Waals surface area contributed by atoms with Crippen molar-refractivity contribution in [1.82, 2.24) is 0 Å². The summed E-state index contributed by atoms with van der Waals surface area (Å²) in [4.78, 5) is 11.2. The van der Waals surface area contributed by atoms with Crippen LogP contribution in [0.2, 0.25) is 0 Å². The predicted molar refractivity (Wildman–Crippen MR) is 88.2 cm³/mol. The van der Waals surface area contributed by atoms with Crippen LogP contribution in [0.15, 0.2) is 12.0 Å². The molecule has 3 heteroatoms. The topological polar surface area (TPSA) is 35.5 Å². The van der Waals surface area contributed by atoms with Gasteiger partial charge in [0, 0.05) is 0 Å². The number of unbranched alkanes of at least 4 members (excludes halogenated alkanes) is 8. The van der Waals surface area contributed by atoms with E-state index in [0.29, 0.717) is 19.2 Å². The molecule has 0 aromatic carbocycles. The van der Waals surface area contributed by atoms with Gasteiger partial charge in [0.25, 0.3) is 5.95 Å². The molecule has 3 nitrogen and oxygen atoms in total. The molecule has 0 fully saturated rings. The van der Waals surface area contributed by atoms with E-state index in [1.807, 2.05) is 0 Å². The van der Waals surface area contributed by atoms with Crippen molar-refractivity contribution < 1.29 is 14.3 Å². The van der Waals surface area contributed by atoms with Gasteiger partial charge >= 0.3 is 0 Å². The number of carbonyl (C=O) groups excluding carboxylic acids is 1. The van der Waals surface area contributed by atoms with E-state index < -0.39 is 0 Å². The first kappa shape index (κ1) is 20.0. The molecule has 0 heterocycles. The fourth-order valence-electron chi connectivity index (χ4n) is 2.05. The number of ether oxygens (including phenoxy) is 2. The van der Waals surface area contributed by atoms with Gasteiger partial charge in [0.15, 0.2) is 5.78 Å². The van der Waals surface area contributed by atoms with E-state index in [4.69, 9.17) is 9.47 Å². The number of carbonyl (C=O) groups is 1. The van der Waals surface area contributed by atoms with Crippen molar-refractivity contribution in [3.63, 3.8) is 0 Å². The highest BCUT2D eigenvalue weighted by Gasteiger charge is 2.02. The second-order valence-corrected chi connectivity index (χ2v) is 5.60. The second kappa shape index (κ2) is 15.4. The molecule has 0 saturated heterocycles. The maximum atomic E-state index is 11.2. The van der Waals surface area contributed by atoms with Gasteiger partial charge in [0.05, 0.1) is 19.3 Å². The fraction of sp³-hybridized carbons (Fsp3) is 0.833. The van der Waals surface area contributed by atoms with E-state index in [1.165, 1.54) is 64.4 Å². The summed E-state index contributed by atoms with van der Waals surface area (Å²) in [6, 6.07) is 0. The van der Waals surface area contributed by atoms with Gasteiger partial charge in [-0.2, -0.15) is 0 Å². The van der Waals surface area contributed by atoms with Crippen LogP contribution in [-0.4, -0.2) is 19.0 Å². The molecule has 0 saturated carbocycles. The van der Waals surface area contributed by atoms with Gasteiger partial charge in [-0.15, -0.1) is 0 Å². The Labute approximate surface area is 131 Å². The molecule has 0 spiro atoms. The lowest BCUT2D eigenvalue weighted by Gasteiger charge is -2.11. The zero-order valence-electron chi connectivity index (χ0n) is 14.3. The summed E-state index contributed by atoms with van der Waals surface area (Å²) in [5, 5.41) is 0. The minimum atomic E-state index is -0.0260. The molecular weight excluding hydrogens is 264 g/mol. The number of allylic oxidation sites excluding steroid dienone is 1. The number of rotatable bonds is 15. The standard InChI is InChI=1S/C18H34O3/c1-4-6-8-10-12-14-20-18(16-17(3)19)21-15-13-11-9-7-5-2/h16H,4-15H2,1-3H3. The third-order valence-corrected chi connectivity index (χ3v) is 3.31. The van der Waals surface area contributed by atoms with E-state index >= 15 is 0 Å². The molecule has 0 aromatic rings. The Hall–Kier alpha value is -0.990.